The lowest BCUT2D eigenvalue weighted by molar-refractivity contribution is -0.140. The maximum atomic E-state index is 12.3. The third-order valence-corrected chi connectivity index (χ3v) is 3.15. The van der Waals surface area contributed by atoms with E-state index in [4.69, 9.17) is 10.00 Å². The molecule has 1 N–H and O–H groups in total. The number of H-pyrrole nitrogens is 1. The predicted octanol–water partition coefficient (Wildman–Crippen LogP) is 2.45. The second kappa shape index (κ2) is 7.12. The Kier molecular flexibility index (Phi) is 5.75. The van der Waals surface area contributed by atoms with Crippen molar-refractivity contribution < 1.29 is 19.1 Å². The van der Waals surface area contributed by atoms with Crippen LogP contribution in [0.25, 0.3) is 0 Å². The third-order valence-electron chi connectivity index (χ3n) is 3.15. The molecule has 1 heterocycles. The second-order valence-electron chi connectivity index (χ2n) is 6.00. The highest BCUT2D eigenvalue weighted by molar-refractivity contribution is 5.90. The minimum Gasteiger partial charge on any atom is -0.469 e. The van der Waals surface area contributed by atoms with Gasteiger partial charge in [0.25, 0.3) is 0 Å². The molecule has 0 atom stereocenters. The van der Waals surface area contributed by atoms with Gasteiger partial charge >= 0.3 is 11.9 Å². The van der Waals surface area contributed by atoms with Crippen molar-refractivity contribution >= 4 is 11.9 Å². The molecule has 120 valence electrons. The number of aromatic amines is 1. The van der Waals surface area contributed by atoms with Gasteiger partial charge in [-0.2, -0.15) is 5.26 Å². The first-order chi connectivity index (χ1) is 10.2. The average molecular weight is 306 g/mol. The van der Waals surface area contributed by atoms with Gasteiger partial charge in [0.2, 0.25) is 0 Å². The van der Waals surface area contributed by atoms with Crippen molar-refractivity contribution in [1.82, 2.24) is 4.98 Å². The maximum absolute atomic E-state index is 12.3. The summed E-state index contributed by atoms with van der Waals surface area (Å²) in [6, 6.07) is 2.05. The van der Waals surface area contributed by atoms with Crippen molar-refractivity contribution in [2.75, 3.05) is 7.11 Å². The zero-order chi connectivity index (χ0) is 16.9. The van der Waals surface area contributed by atoms with Crippen LogP contribution in [0.3, 0.4) is 0 Å². The van der Waals surface area contributed by atoms with E-state index >= 15 is 0 Å². The molecule has 0 amide bonds. The largest absolute Gasteiger partial charge is 0.469 e. The van der Waals surface area contributed by atoms with E-state index < -0.39 is 11.6 Å². The molecule has 6 heteroatoms. The Morgan fingerprint density at radius 1 is 1.32 bits per heavy atom. The van der Waals surface area contributed by atoms with E-state index in [1.54, 1.807) is 20.8 Å². The van der Waals surface area contributed by atoms with Crippen LogP contribution in [0.15, 0.2) is 0 Å². The fourth-order valence-corrected chi connectivity index (χ4v) is 2.09. The van der Waals surface area contributed by atoms with Gasteiger partial charge in [0, 0.05) is 12.1 Å². The fraction of sp³-hybridized carbons (Fsp3) is 0.562. The Bertz CT molecular complexity index is 603. The Balaban J connectivity index is 3.13. The van der Waals surface area contributed by atoms with Gasteiger partial charge in [-0.1, -0.05) is 0 Å². The first-order valence-corrected chi connectivity index (χ1v) is 7.07. The fourth-order valence-electron chi connectivity index (χ4n) is 2.09. The van der Waals surface area contributed by atoms with Crippen LogP contribution < -0.4 is 0 Å². The van der Waals surface area contributed by atoms with Gasteiger partial charge in [-0.05, 0) is 45.2 Å². The number of carbonyl (C=O) groups is 2. The molecular weight excluding hydrogens is 284 g/mol. The number of hydrogen-bond donors (Lipinski definition) is 1. The van der Waals surface area contributed by atoms with E-state index in [0.29, 0.717) is 23.4 Å². The summed E-state index contributed by atoms with van der Waals surface area (Å²) in [6.45, 7) is 7.17. The number of ether oxygens (including phenoxy) is 2. The number of nitrogens with one attached hydrogen (secondary N) is 1. The summed E-state index contributed by atoms with van der Waals surface area (Å²) in [5.41, 5.74) is 1.87. The maximum Gasteiger partial charge on any atom is 0.355 e. The van der Waals surface area contributed by atoms with Crippen LogP contribution in [0.1, 0.15) is 54.5 Å². The number of esters is 2. The summed E-state index contributed by atoms with van der Waals surface area (Å²) in [6.07, 6.45) is 0.686. The zero-order valence-electron chi connectivity index (χ0n) is 13.7. The van der Waals surface area contributed by atoms with Gasteiger partial charge < -0.3 is 14.5 Å². The highest BCUT2D eigenvalue weighted by Gasteiger charge is 2.25. The smallest absolute Gasteiger partial charge is 0.355 e. The van der Waals surface area contributed by atoms with E-state index in [0.717, 1.165) is 5.56 Å². The first-order valence-electron chi connectivity index (χ1n) is 7.07. The van der Waals surface area contributed by atoms with Gasteiger partial charge in [-0.15, -0.1) is 0 Å². The van der Waals surface area contributed by atoms with Crippen molar-refractivity contribution in [3.63, 3.8) is 0 Å². The molecule has 0 radical (unpaired) electrons. The van der Waals surface area contributed by atoms with Crippen LogP contribution >= 0.6 is 0 Å². The van der Waals surface area contributed by atoms with Gasteiger partial charge in [0.1, 0.15) is 11.3 Å². The number of carbonyl (C=O) groups excluding carboxylic acids is 2. The molecule has 0 spiro atoms. The Hall–Kier alpha value is -2.29. The van der Waals surface area contributed by atoms with Crippen molar-refractivity contribution in [1.29, 1.82) is 5.26 Å². The van der Waals surface area contributed by atoms with Crippen LogP contribution in [-0.2, 0) is 27.1 Å². The van der Waals surface area contributed by atoms with Crippen LogP contribution in [0.5, 0.6) is 0 Å². The monoisotopic (exact) mass is 306 g/mol. The Labute approximate surface area is 130 Å². The van der Waals surface area contributed by atoms with Crippen molar-refractivity contribution in [3.05, 3.63) is 22.5 Å². The molecular formula is C16H22N2O4. The molecule has 1 rings (SSSR count). The highest BCUT2D eigenvalue weighted by atomic mass is 16.6. The Morgan fingerprint density at radius 3 is 2.45 bits per heavy atom. The van der Waals surface area contributed by atoms with E-state index in [9.17, 15) is 9.59 Å². The molecule has 0 saturated heterocycles. The zero-order valence-corrected chi connectivity index (χ0v) is 13.7. The molecule has 22 heavy (non-hydrogen) atoms. The standard InChI is InChI=1S/C16H22N2O4/c1-10-11(6-7-13(19)21-5)14(18-12(10)8-9-17)15(20)22-16(2,3)4/h18H,6-8H2,1-5H3. The lowest BCUT2D eigenvalue weighted by Gasteiger charge is -2.19. The van der Waals surface area contributed by atoms with E-state index in [1.165, 1.54) is 7.11 Å². The van der Waals surface area contributed by atoms with Gasteiger partial charge in [-0.3, -0.25) is 4.79 Å². The van der Waals surface area contributed by atoms with Gasteiger partial charge in [-0.25, -0.2) is 4.79 Å². The second-order valence-corrected chi connectivity index (χ2v) is 6.00. The lowest BCUT2D eigenvalue weighted by Crippen LogP contribution is -2.24. The SMILES string of the molecule is COC(=O)CCc1c(C(=O)OC(C)(C)C)[nH]c(CC#N)c1C. The number of nitriles is 1. The molecule has 0 aliphatic rings. The van der Waals surface area contributed by atoms with Crippen molar-refractivity contribution in [3.8, 4) is 6.07 Å². The van der Waals surface area contributed by atoms with Crippen molar-refractivity contribution in [2.24, 2.45) is 0 Å². The predicted molar refractivity (Wildman–Crippen MR) is 80.4 cm³/mol. The van der Waals surface area contributed by atoms with E-state index in [2.05, 4.69) is 15.8 Å². The molecule has 0 fully saturated rings. The molecule has 0 aromatic carbocycles. The quantitative estimate of drug-likeness (QED) is 0.843. The van der Waals surface area contributed by atoms with E-state index in [1.807, 2.05) is 6.92 Å². The summed E-state index contributed by atoms with van der Waals surface area (Å²) in [5, 5.41) is 8.87. The number of nitrogens with zero attached hydrogens (tertiary/aromatic N) is 1. The Morgan fingerprint density at radius 2 is 1.95 bits per heavy atom. The molecule has 6 nitrogen and oxygen atoms in total. The summed E-state index contributed by atoms with van der Waals surface area (Å²) in [7, 11) is 1.32. The molecule has 0 aliphatic heterocycles. The van der Waals surface area contributed by atoms with Gasteiger partial charge in [0.05, 0.1) is 19.6 Å². The molecule has 1 aromatic heterocycles. The van der Waals surface area contributed by atoms with Crippen LogP contribution in [-0.4, -0.2) is 29.6 Å². The number of rotatable bonds is 5. The van der Waals surface area contributed by atoms with Crippen LogP contribution in [0.4, 0.5) is 0 Å². The average Bonchev–Trinajstić information content (AvgIpc) is 2.72. The number of hydrogen-bond acceptors (Lipinski definition) is 5. The molecule has 0 aliphatic carbocycles. The summed E-state index contributed by atoms with van der Waals surface area (Å²) in [5.74, 6) is -0.836. The number of methoxy groups -OCH3 is 1. The summed E-state index contributed by atoms with van der Waals surface area (Å²) >= 11 is 0. The summed E-state index contributed by atoms with van der Waals surface area (Å²) in [4.78, 5) is 26.6. The van der Waals surface area contributed by atoms with Crippen molar-refractivity contribution in [2.45, 2.75) is 52.6 Å². The minimum absolute atomic E-state index is 0.164. The minimum atomic E-state index is -0.620. The van der Waals surface area contributed by atoms with Gasteiger partial charge in [0.15, 0.2) is 0 Å². The highest BCUT2D eigenvalue weighted by Crippen LogP contribution is 2.23. The van der Waals surface area contributed by atoms with Crippen LogP contribution in [0, 0.1) is 18.3 Å². The first kappa shape index (κ1) is 17.8. The van der Waals surface area contributed by atoms with E-state index in [-0.39, 0.29) is 18.8 Å². The topological polar surface area (TPSA) is 92.2 Å². The molecule has 1 aromatic rings. The normalized spacial score (nSPS) is 10.9. The summed E-state index contributed by atoms with van der Waals surface area (Å²) < 4.78 is 10.0. The third kappa shape index (κ3) is 4.62. The van der Waals surface area contributed by atoms with Crippen LogP contribution in [0.2, 0.25) is 0 Å². The molecule has 0 saturated carbocycles. The lowest BCUT2D eigenvalue weighted by atomic mass is 10.0. The molecule has 0 bridgehead atoms. The molecule has 0 unspecified atom stereocenters. The number of aromatic nitrogens is 1.